The highest BCUT2D eigenvalue weighted by Crippen LogP contribution is 2.14. The van der Waals surface area contributed by atoms with E-state index in [1.165, 1.54) is 12.3 Å². The van der Waals surface area contributed by atoms with Crippen LogP contribution in [0.2, 0.25) is 0 Å². The van der Waals surface area contributed by atoms with Crippen LogP contribution in [0.15, 0.2) is 40.1 Å². The topological polar surface area (TPSA) is 72.2 Å². The molecular formula is C12H14N2O3S. The smallest absolute Gasteiger partial charge is 0.192 e. The Bertz CT molecular complexity index is 630. The third-order valence-corrected chi connectivity index (χ3v) is 3.54. The first-order chi connectivity index (χ1) is 8.47. The number of nitrogens with one attached hydrogen (secondary N) is 1. The Morgan fingerprint density at radius 3 is 2.61 bits per heavy atom. The standard InChI is InChI=1S/C12H14N2O3S/c1-9-5-6-17-11(9)8-13-10-3-4-12(14-7-10)18(2,15)16/h3-7,13H,8H2,1-2H3. The molecule has 0 atom stereocenters. The fourth-order valence-corrected chi connectivity index (χ4v) is 2.03. The molecule has 2 aromatic heterocycles. The van der Waals surface area contributed by atoms with E-state index in [2.05, 4.69) is 10.3 Å². The van der Waals surface area contributed by atoms with Crippen LogP contribution in [0.1, 0.15) is 11.3 Å². The summed E-state index contributed by atoms with van der Waals surface area (Å²) in [6.45, 7) is 2.50. The van der Waals surface area contributed by atoms with Gasteiger partial charge in [-0.3, -0.25) is 0 Å². The molecule has 0 aliphatic heterocycles. The Morgan fingerprint density at radius 1 is 1.33 bits per heavy atom. The number of aromatic nitrogens is 1. The zero-order valence-corrected chi connectivity index (χ0v) is 11.0. The number of hydrogen-bond acceptors (Lipinski definition) is 5. The van der Waals surface area contributed by atoms with Crippen LogP contribution in [0.4, 0.5) is 5.69 Å². The van der Waals surface area contributed by atoms with Crippen molar-refractivity contribution in [2.24, 2.45) is 0 Å². The lowest BCUT2D eigenvalue weighted by Gasteiger charge is -2.05. The van der Waals surface area contributed by atoms with Crippen molar-refractivity contribution in [2.45, 2.75) is 18.5 Å². The molecule has 0 spiro atoms. The second kappa shape index (κ2) is 4.81. The second-order valence-corrected chi connectivity index (χ2v) is 6.00. The molecule has 96 valence electrons. The Balaban J connectivity index is 2.05. The number of hydrogen-bond donors (Lipinski definition) is 1. The number of pyridine rings is 1. The number of anilines is 1. The van der Waals surface area contributed by atoms with Gasteiger partial charge >= 0.3 is 0 Å². The van der Waals surface area contributed by atoms with Crippen molar-refractivity contribution in [3.05, 3.63) is 42.0 Å². The van der Waals surface area contributed by atoms with Crippen molar-refractivity contribution < 1.29 is 12.8 Å². The molecule has 0 saturated carbocycles. The van der Waals surface area contributed by atoms with Crippen LogP contribution < -0.4 is 5.32 Å². The number of nitrogens with zero attached hydrogens (tertiary/aromatic N) is 1. The van der Waals surface area contributed by atoms with Crippen LogP contribution >= 0.6 is 0 Å². The van der Waals surface area contributed by atoms with Gasteiger partial charge in [0.2, 0.25) is 0 Å². The molecule has 0 amide bonds. The number of aryl methyl sites for hydroxylation is 1. The van der Waals surface area contributed by atoms with Crippen LogP contribution in [0.25, 0.3) is 0 Å². The third-order valence-electron chi connectivity index (χ3n) is 2.54. The first-order valence-electron chi connectivity index (χ1n) is 5.40. The Hall–Kier alpha value is -1.82. The highest BCUT2D eigenvalue weighted by Gasteiger charge is 2.08. The molecular weight excluding hydrogens is 252 g/mol. The quantitative estimate of drug-likeness (QED) is 0.916. The average molecular weight is 266 g/mol. The monoisotopic (exact) mass is 266 g/mol. The fourth-order valence-electron chi connectivity index (χ4n) is 1.47. The lowest BCUT2D eigenvalue weighted by molar-refractivity contribution is 0.515. The molecule has 5 nitrogen and oxygen atoms in total. The molecule has 1 N–H and O–H groups in total. The summed E-state index contributed by atoms with van der Waals surface area (Å²) in [4.78, 5) is 3.89. The van der Waals surface area contributed by atoms with E-state index in [0.29, 0.717) is 6.54 Å². The summed E-state index contributed by atoms with van der Waals surface area (Å²) in [6.07, 6.45) is 4.26. The van der Waals surface area contributed by atoms with E-state index in [9.17, 15) is 8.42 Å². The van der Waals surface area contributed by atoms with E-state index in [4.69, 9.17) is 4.42 Å². The normalized spacial score (nSPS) is 11.4. The van der Waals surface area contributed by atoms with E-state index in [-0.39, 0.29) is 5.03 Å². The van der Waals surface area contributed by atoms with Gasteiger partial charge in [0.25, 0.3) is 0 Å². The predicted molar refractivity (Wildman–Crippen MR) is 68.1 cm³/mol. The summed E-state index contributed by atoms with van der Waals surface area (Å²) >= 11 is 0. The molecule has 0 aliphatic carbocycles. The van der Waals surface area contributed by atoms with Gasteiger partial charge in [-0.1, -0.05) is 0 Å². The second-order valence-electron chi connectivity index (χ2n) is 4.04. The molecule has 0 aromatic carbocycles. The molecule has 2 rings (SSSR count). The minimum atomic E-state index is -3.24. The van der Waals surface area contributed by atoms with Gasteiger partial charge in [0.1, 0.15) is 5.76 Å². The van der Waals surface area contributed by atoms with E-state index in [1.807, 2.05) is 13.0 Å². The van der Waals surface area contributed by atoms with Gasteiger partial charge in [-0.25, -0.2) is 13.4 Å². The molecule has 0 saturated heterocycles. The Labute approximate surface area is 106 Å². The first-order valence-corrected chi connectivity index (χ1v) is 7.29. The molecule has 0 aliphatic rings. The average Bonchev–Trinajstić information content (AvgIpc) is 2.72. The molecule has 18 heavy (non-hydrogen) atoms. The summed E-state index contributed by atoms with van der Waals surface area (Å²) < 4.78 is 27.8. The molecule has 6 heteroatoms. The number of furan rings is 1. The van der Waals surface area contributed by atoms with Gasteiger partial charge in [0, 0.05) is 6.26 Å². The van der Waals surface area contributed by atoms with Crippen LogP contribution in [0, 0.1) is 6.92 Å². The summed E-state index contributed by atoms with van der Waals surface area (Å²) in [7, 11) is -3.24. The van der Waals surface area contributed by atoms with Crippen LogP contribution in [-0.4, -0.2) is 19.7 Å². The molecule has 0 fully saturated rings. The van der Waals surface area contributed by atoms with E-state index >= 15 is 0 Å². The van der Waals surface area contributed by atoms with Crippen LogP contribution in [0.3, 0.4) is 0 Å². The van der Waals surface area contributed by atoms with E-state index < -0.39 is 9.84 Å². The summed E-state index contributed by atoms with van der Waals surface area (Å²) in [5.74, 6) is 0.849. The summed E-state index contributed by atoms with van der Waals surface area (Å²) in [6, 6.07) is 5.05. The molecule has 2 aromatic rings. The van der Waals surface area contributed by atoms with Crippen molar-refractivity contribution >= 4 is 15.5 Å². The Kier molecular flexibility index (Phi) is 3.38. The lowest BCUT2D eigenvalue weighted by atomic mass is 10.3. The predicted octanol–water partition coefficient (Wildman–Crippen LogP) is 2.00. The van der Waals surface area contributed by atoms with Crippen molar-refractivity contribution in [3.8, 4) is 0 Å². The Morgan fingerprint density at radius 2 is 2.11 bits per heavy atom. The van der Waals surface area contributed by atoms with E-state index in [0.717, 1.165) is 23.3 Å². The highest BCUT2D eigenvalue weighted by molar-refractivity contribution is 7.90. The van der Waals surface area contributed by atoms with E-state index in [1.54, 1.807) is 12.3 Å². The van der Waals surface area contributed by atoms with Gasteiger partial charge in [-0.15, -0.1) is 0 Å². The minimum Gasteiger partial charge on any atom is -0.467 e. The zero-order chi connectivity index (χ0) is 13.2. The van der Waals surface area contributed by atoms with Gasteiger partial charge in [0.05, 0.1) is 24.7 Å². The lowest BCUT2D eigenvalue weighted by Crippen LogP contribution is -2.03. The zero-order valence-electron chi connectivity index (χ0n) is 10.2. The maximum atomic E-state index is 11.2. The van der Waals surface area contributed by atoms with Crippen molar-refractivity contribution in [2.75, 3.05) is 11.6 Å². The molecule has 0 unspecified atom stereocenters. The summed E-state index contributed by atoms with van der Waals surface area (Å²) in [5, 5.41) is 3.19. The van der Waals surface area contributed by atoms with Crippen molar-refractivity contribution in [1.82, 2.24) is 4.98 Å². The molecule has 2 heterocycles. The van der Waals surface area contributed by atoms with Gasteiger partial charge in [-0.05, 0) is 30.7 Å². The van der Waals surface area contributed by atoms with Crippen LogP contribution in [0.5, 0.6) is 0 Å². The van der Waals surface area contributed by atoms with Crippen molar-refractivity contribution in [3.63, 3.8) is 0 Å². The molecule has 0 radical (unpaired) electrons. The number of rotatable bonds is 4. The summed E-state index contributed by atoms with van der Waals surface area (Å²) in [5.41, 5.74) is 1.82. The largest absolute Gasteiger partial charge is 0.467 e. The van der Waals surface area contributed by atoms with Gasteiger partial charge in [0.15, 0.2) is 14.9 Å². The minimum absolute atomic E-state index is 0.0715. The SMILES string of the molecule is Cc1ccoc1CNc1ccc(S(C)(=O)=O)nc1. The fraction of sp³-hybridized carbons (Fsp3) is 0.250. The van der Waals surface area contributed by atoms with Gasteiger partial charge in [-0.2, -0.15) is 0 Å². The van der Waals surface area contributed by atoms with Crippen LogP contribution in [-0.2, 0) is 16.4 Å². The maximum Gasteiger partial charge on any atom is 0.192 e. The highest BCUT2D eigenvalue weighted by atomic mass is 32.2. The van der Waals surface area contributed by atoms with Gasteiger partial charge < -0.3 is 9.73 Å². The van der Waals surface area contributed by atoms with Crippen molar-refractivity contribution in [1.29, 1.82) is 0 Å². The maximum absolute atomic E-state index is 11.2. The number of sulfone groups is 1. The third kappa shape index (κ3) is 2.89. The first kappa shape index (κ1) is 12.6. The molecule has 0 bridgehead atoms.